The van der Waals surface area contributed by atoms with Crippen LogP contribution in [-0.2, 0) is 14.4 Å². The number of aliphatic carboxylic acids is 3. The summed E-state index contributed by atoms with van der Waals surface area (Å²) in [6.07, 6.45) is 3.42. The highest BCUT2D eigenvalue weighted by Gasteiger charge is 2.41. The van der Waals surface area contributed by atoms with Crippen molar-refractivity contribution < 1.29 is 49.4 Å². The van der Waals surface area contributed by atoms with Crippen LogP contribution in [0.5, 0.6) is 11.5 Å². The van der Waals surface area contributed by atoms with Crippen molar-refractivity contribution in [2.24, 2.45) is 4.99 Å². The Morgan fingerprint density at radius 1 is 1.02 bits per heavy atom. The number of carboxylic acids is 3. The summed E-state index contributed by atoms with van der Waals surface area (Å²) in [4.78, 5) is 46.4. The molecule has 2 heterocycles. The van der Waals surface area contributed by atoms with E-state index in [2.05, 4.69) is 16.0 Å². The zero-order valence-corrected chi connectivity index (χ0v) is 23.9. The van der Waals surface area contributed by atoms with E-state index in [1.54, 1.807) is 7.11 Å². The van der Waals surface area contributed by atoms with Gasteiger partial charge in [-0.3, -0.25) is 14.6 Å². The number of carbonyl (C=O) groups is 3. The molecular weight excluding hydrogens is 552 g/mol. The molecule has 1 aromatic carbocycles. The van der Waals surface area contributed by atoms with Crippen LogP contribution in [0.3, 0.4) is 0 Å². The number of aromatic nitrogens is 2. The van der Waals surface area contributed by atoms with Gasteiger partial charge in [0.05, 0.1) is 44.4 Å². The predicted octanol–water partition coefficient (Wildman–Crippen LogP) is 1.55. The molecule has 0 bridgehead atoms. The van der Waals surface area contributed by atoms with Crippen molar-refractivity contribution in [3.05, 3.63) is 41.2 Å². The minimum absolute atomic E-state index is 0.136. The highest BCUT2D eigenvalue weighted by atomic mass is 16.5. The molecule has 14 heteroatoms. The molecule has 1 aliphatic heterocycles. The topological polar surface area (TPSA) is 212 Å². The van der Waals surface area contributed by atoms with Crippen LogP contribution < -0.4 is 14.4 Å². The van der Waals surface area contributed by atoms with Gasteiger partial charge < -0.3 is 39.9 Å². The smallest absolute Gasteiger partial charge is 0.336 e. The number of hydrogen-bond donors (Lipinski definition) is 5. The lowest BCUT2D eigenvalue weighted by atomic mass is 9.74. The SMILES string of the molecule is CCOc1cc2c(cc1OC)C(c1cnc(N(C)C)nc1)=N[C@@H]1CC[C@@H](O)C[C@H]21.O=C(O)CC(O)(CC(=O)O)C(=O)O. The van der Waals surface area contributed by atoms with Crippen molar-refractivity contribution in [2.75, 3.05) is 32.7 Å². The van der Waals surface area contributed by atoms with E-state index in [0.29, 0.717) is 24.7 Å². The van der Waals surface area contributed by atoms with Crippen molar-refractivity contribution in [1.29, 1.82) is 0 Å². The molecular formula is C28H36N4O10. The van der Waals surface area contributed by atoms with Crippen molar-refractivity contribution in [2.45, 2.75) is 62.7 Å². The molecule has 1 saturated carbocycles. The highest BCUT2D eigenvalue weighted by molar-refractivity contribution is 6.14. The number of carboxylic acid groups (broad SMARTS) is 3. The Morgan fingerprint density at radius 2 is 1.64 bits per heavy atom. The Hall–Kier alpha value is -4.30. The van der Waals surface area contributed by atoms with E-state index in [1.165, 1.54) is 0 Å². The molecule has 14 nitrogen and oxygen atoms in total. The normalized spacial score (nSPS) is 19.2. The third-order valence-electron chi connectivity index (χ3n) is 6.97. The van der Waals surface area contributed by atoms with E-state index in [0.717, 1.165) is 41.0 Å². The standard InChI is InChI=1S/C22H28N4O3.C6H8O7/c1-5-29-20-9-15-16-8-14(27)6-7-18(16)25-21(17(15)10-19(20)28-4)13-11-23-22(24-12-13)26(2)3;7-3(8)1-6(13,5(11)12)2-4(9)10/h9-12,14,16,18,27H,5-8H2,1-4H3;13H,1-2H2,(H,7,8)(H,9,10)(H,11,12)/t14-,16-,18-;/m1./s1. The first kappa shape index (κ1) is 32.2. The van der Waals surface area contributed by atoms with Crippen LogP contribution in [0.25, 0.3) is 0 Å². The summed E-state index contributed by atoms with van der Waals surface area (Å²) in [7, 11) is 5.48. The van der Waals surface area contributed by atoms with Crippen LogP contribution in [0, 0.1) is 0 Å². The Labute approximate surface area is 242 Å². The molecule has 0 radical (unpaired) electrons. The van der Waals surface area contributed by atoms with Gasteiger partial charge >= 0.3 is 17.9 Å². The lowest BCUT2D eigenvalue weighted by Gasteiger charge is -2.37. The Bertz CT molecular complexity index is 1310. The fraction of sp³-hybridized carbons (Fsp3) is 0.500. The zero-order valence-electron chi connectivity index (χ0n) is 23.9. The highest BCUT2D eigenvalue weighted by Crippen LogP contribution is 2.44. The fourth-order valence-electron chi connectivity index (χ4n) is 4.99. The van der Waals surface area contributed by atoms with Crippen LogP contribution in [-0.4, -0.2) is 105 Å². The Kier molecular flexibility index (Phi) is 10.4. The van der Waals surface area contributed by atoms with Gasteiger partial charge in [0.1, 0.15) is 0 Å². The van der Waals surface area contributed by atoms with Crippen LogP contribution in [0.1, 0.15) is 61.6 Å². The van der Waals surface area contributed by atoms with Crippen molar-refractivity contribution in [3.8, 4) is 11.5 Å². The quantitative estimate of drug-likeness (QED) is 0.267. The number of methoxy groups -OCH3 is 1. The maximum atomic E-state index is 10.3. The van der Waals surface area contributed by atoms with E-state index in [-0.39, 0.29) is 18.1 Å². The van der Waals surface area contributed by atoms with E-state index in [4.69, 9.17) is 34.9 Å². The van der Waals surface area contributed by atoms with Crippen molar-refractivity contribution in [3.63, 3.8) is 0 Å². The number of benzene rings is 1. The van der Waals surface area contributed by atoms with Gasteiger partial charge in [0.15, 0.2) is 17.1 Å². The average molecular weight is 589 g/mol. The van der Waals surface area contributed by atoms with Gasteiger partial charge in [-0.05, 0) is 43.9 Å². The molecule has 0 amide bonds. The van der Waals surface area contributed by atoms with E-state index < -0.39 is 36.4 Å². The van der Waals surface area contributed by atoms with E-state index in [1.807, 2.05) is 44.4 Å². The van der Waals surface area contributed by atoms with Crippen molar-refractivity contribution in [1.82, 2.24) is 9.97 Å². The van der Waals surface area contributed by atoms with Crippen LogP contribution in [0.15, 0.2) is 29.5 Å². The van der Waals surface area contributed by atoms with Gasteiger partial charge in [-0.25, -0.2) is 14.8 Å². The van der Waals surface area contributed by atoms with Crippen molar-refractivity contribution >= 4 is 29.6 Å². The first-order valence-electron chi connectivity index (χ1n) is 13.3. The minimum Gasteiger partial charge on any atom is -0.493 e. The third-order valence-corrected chi connectivity index (χ3v) is 6.97. The van der Waals surface area contributed by atoms with E-state index >= 15 is 0 Å². The minimum atomic E-state index is -2.74. The number of nitrogens with zero attached hydrogens (tertiary/aromatic N) is 4. The van der Waals surface area contributed by atoms with Gasteiger partial charge in [-0.1, -0.05) is 0 Å². The molecule has 0 spiro atoms. The predicted molar refractivity (Wildman–Crippen MR) is 150 cm³/mol. The molecule has 2 aromatic rings. The number of fused-ring (bicyclic) bond motifs is 3. The molecule has 228 valence electrons. The first-order chi connectivity index (χ1) is 19.8. The molecule has 1 aromatic heterocycles. The lowest BCUT2D eigenvalue weighted by molar-refractivity contribution is -0.170. The number of ether oxygens (including phenoxy) is 2. The molecule has 4 rings (SSSR count). The molecule has 1 fully saturated rings. The second-order valence-corrected chi connectivity index (χ2v) is 10.3. The monoisotopic (exact) mass is 588 g/mol. The lowest BCUT2D eigenvalue weighted by Crippen LogP contribution is -2.42. The number of aliphatic imine (C=N–C) groups is 1. The second-order valence-electron chi connectivity index (χ2n) is 10.3. The molecule has 3 atom stereocenters. The van der Waals surface area contributed by atoms with Gasteiger partial charge in [-0.15, -0.1) is 0 Å². The summed E-state index contributed by atoms with van der Waals surface area (Å²) in [5, 5.41) is 44.1. The summed E-state index contributed by atoms with van der Waals surface area (Å²) < 4.78 is 11.4. The largest absolute Gasteiger partial charge is 0.493 e. The second kappa shape index (κ2) is 13.6. The summed E-state index contributed by atoms with van der Waals surface area (Å²) in [5.41, 5.74) is 1.18. The first-order valence-corrected chi connectivity index (χ1v) is 13.3. The Balaban J connectivity index is 0.000000316. The van der Waals surface area contributed by atoms with Gasteiger partial charge in [-0.2, -0.15) is 0 Å². The van der Waals surface area contributed by atoms with E-state index in [9.17, 15) is 19.5 Å². The van der Waals surface area contributed by atoms with Crippen LogP contribution in [0.2, 0.25) is 0 Å². The summed E-state index contributed by atoms with van der Waals surface area (Å²) >= 11 is 0. The maximum absolute atomic E-state index is 10.3. The molecule has 5 N–H and O–H groups in total. The molecule has 1 aliphatic carbocycles. The summed E-state index contributed by atoms with van der Waals surface area (Å²) in [5.74, 6) is -2.78. The maximum Gasteiger partial charge on any atom is 0.336 e. The fourth-order valence-corrected chi connectivity index (χ4v) is 4.99. The number of aliphatic hydroxyl groups excluding tert-OH is 1. The number of hydrogen-bond acceptors (Lipinski definition) is 11. The zero-order chi connectivity index (χ0) is 31.2. The van der Waals surface area contributed by atoms with Gasteiger partial charge in [0.25, 0.3) is 0 Å². The number of aliphatic hydroxyl groups is 2. The Morgan fingerprint density at radius 3 is 2.14 bits per heavy atom. The summed E-state index contributed by atoms with van der Waals surface area (Å²) in [6.45, 7) is 2.52. The molecule has 0 saturated heterocycles. The summed E-state index contributed by atoms with van der Waals surface area (Å²) in [6, 6.07) is 4.20. The number of anilines is 1. The third kappa shape index (κ3) is 7.50. The van der Waals surface area contributed by atoms with Crippen LogP contribution >= 0.6 is 0 Å². The molecule has 42 heavy (non-hydrogen) atoms. The van der Waals surface area contributed by atoms with Gasteiger partial charge in [0.2, 0.25) is 5.95 Å². The molecule has 2 aliphatic rings. The average Bonchev–Trinajstić information content (AvgIpc) is 2.92. The number of rotatable bonds is 10. The van der Waals surface area contributed by atoms with Crippen LogP contribution in [0.4, 0.5) is 5.95 Å². The van der Waals surface area contributed by atoms with Gasteiger partial charge in [0, 0.05) is 43.5 Å². The molecule has 0 unspecified atom stereocenters.